The highest BCUT2D eigenvalue weighted by Crippen LogP contribution is 2.17. The van der Waals surface area contributed by atoms with Gasteiger partial charge < -0.3 is 13.7 Å². The first kappa shape index (κ1) is 15.5. The fourth-order valence-electron chi connectivity index (χ4n) is 2.29. The lowest BCUT2D eigenvalue weighted by Gasteiger charge is -2.20. The molecule has 0 radical (unpaired) electrons. The minimum absolute atomic E-state index is 0.0600. The van der Waals surface area contributed by atoms with Crippen molar-refractivity contribution in [1.29, 1.82) is 0 Å². The second-order valence-corrected chi connectivity index (χ2v) is 5.12. The largest absolute Gasteiger partial charge is 0.467 e. The molecule has 0 aliphatic carbocycles. The van der Waals surface area contributed by atoms with Crippen molar-refractivity contribution in [2.24, 2.45) is 0 Å². The van der Waals surface area contributed by atoms with Crippen molar-refractivity contribution >= 4 is 11.6 Å². The molecule has 2 aromatic heterocycles. The monoisotopic (exact) mass is 326 g/mol. The minimum Gasteiger partial charge on any atom is -0.467 e. The molecule has 0 bridgehead atoms. The van der Waals surface area contributed by atoms with Crippen LogP contribution in [0, 0.1) is 10.1 Å². The Hall–Kier alpha value is -3.35. The summed E-state index contributed by atoms with van der Waals surface area (Å²) in [6.07, 6.45) is 3.08. The van der Waals surface area contributed by atoms with Crippen LogP contribution in [0.1, 0.15) is 21.9 Å². The molecule has 1 amide bonds. The Bertz CT molecular complexity index is 771. The van der Waals surface area contributed by atoms with Crippen LogP contribution in [0.4, 0.5) is 5.69 Å². The highest BCUT2D eigenvalue weighted by atomic mass is 16.6. The third kappa shape index (κ3) is 3.52. The van der Waals surface area contributed by atoms with E-state index >= 15 is 0 Å². The van der Waals surface area contributed by atoms with E-state index in [1.54, 1.807) is 29.2 Å². The third-order valence-electron chi connectivity index (χ3n) is 3.47. The highest BCUT2D eigenvalue weighted by Gasteiger charge is 2.19. The van der Waals surface area contributed by atoms with Crippen molar-refractivity contribution in [3.8, 4) is 0 Å². The van der Waals surface area contributed by atoms with E-state index < -0.39 is 4.92 Å². The van der Waals surface area contributed by atoms with E-state index in [1.165, 1.54) is 36.8 Å². The first-order valence-corrected chi connectivity index (χ1v) is 7.22. The van der Waals surface area contributed by atoms with Crippen LogP contribution in [0.5, 0.6) is 0 Å². The van der Waals surface area contributed by atoms with E-state index in [-0.39, 0.29) is 24.7 Å². The van der Waals surface area contributed by atoms with E-state index in [2.05, 4.69) is 0 Å². The van der Waals surface area contributed by atoms with Crippen molar-refractivity contribution in [3.63, 3.8) is 0 Å². The lowest BCUT2D eigenvalue weighted by Crippen LogP contribution is -2.29. The lowest BCUT2D eigenvalue weighted by molar-refractivity contribution is -0.384. The average molecular weight is 326 g/mol. The zero-order valence-corrected chi connectivity index (χ0v) is 12.6. The number of hydrogen-bond donors (Lipinski definition) is 0. The molecule has 0 atom stereocenters. The summed E-state index contributed by atoms with van der Waals surface area (Å²) in [5, 5.41) is 10.7. The van der Waals surface area contributed by atoms with E-state index in [1.807, 2.05) is 0 Å². The van der Waals surface area contributed by atoms with Gasteiger partial charge in [0.15, 0.2) is 0 Å². The van der Waals surface area contributed by atoms with Crippen molar-refractivity contribution in [2.75, 3.05) is 0 Å². The maximum atomic E-state index is 12.8. The number of nitrogens with zero attached hydrogens (tertiary/aromatic N) is 2. The van der Waals surface area contributed by atoms with Gasteiger partial charge in [0, 0.05) is 17.7 Å². The topological polar surface area (TPSA) is 89.7 Å². The third-order valence-corrected chi connectivity index (χ3v) is 3.47. The predicted octanol–water partition coefficient (Wildman–Crippen LogP) is 3.62. The van der Waals surface area contributed by atoms with E-state index in [9.17, 15) is 14.9 Å². The van der Waals surface area contributed by atoms with Crippen LogP contribution < -0.4 is 0 Å². The summed E-state index contributed by atoms with van der Waals surface area (Å²) >= 11 is 0. The maximum Gasteiger partial charge on any atom is 0.269 e. The fourth-order valence-corrected chi connectivity index (χ4v) is 2.29. The van der Waals surface area contributed by atoms with E-state index in [0.29, 0.717) is 17.1 Å². The van der Waals surface area contributed by atoms with Crippen molar-refractivity contribution in [1.82, 2.24) is 4.90 Å². The molecule has 24 heavy (non-hydrogen) atoms. The Kier molecular flexibility index (Phi) is 4.42. The second-order valence-electron chi connectivity index (χ2n) is 5.12. The molecule has 0 unspecified atom stereocenters. The number of furan rings is 2. The van der Waals surface area contributed by atoms with E-state index in [4.69, 9.17) is 8.83 Å². The first-order chi connectivity index (χ1) is 11.6. The van der Waals surface area contributed by atoms with Crippen LogP contribution in [0.3, 0.4) is 0 Å². The Balaban J connectivity index is 1.82. The number of non-ortho nitro benzene ring substituents is 1. The molecule has 0 N–H and O–H groups in total. The summed E-state index contributed by atoms with van der Waals surface area (Å²) in [6.45, 7) is 0.535. The van der Waals surface area contributed by atoms with Gasteiger partial charge in [-0.05, 0) is 36.4 Å². The highest BCUT2D eigenvalue weighted by molar-refractivity contribution is 5.94. The number of hydrogen-bond acceptors (Lipinski definition) is 5. The van der Waals surface area contributed by atoms with Gasteiger partial charge in [0.2, 0.25) is 0 Å². The molecule has 0 saturated carbocycles. The number of amides is 1. The standard InChI is InChI=1S/C17H14N2O5/c20-17(13-5-7-14(8-6-13)19(21)22)18(11-15-3-1-9-23-15)12-16-4-2-10-24-16/h1-10H,11-12H2. The van der Waals surface area contributed by atoms with Gasteiger partial charge in [0.25, 0.3) is 11.6 Å². The van der Waals surface area contributed by atoms with Crippen molar-refractivity contribution in [2.45, 2.75) is 13.1 Å². The van der Waals surface area contributed by atoms with Gasteiger partial charge in [-0.15, -0.1) is 0 Å². The molecule has 0 aliphatic heterocycles. The number of nitro groups is 1. The number of nitro benzene ring substituents is 1. The maximum absolute atomic E-state index is 12.8. The smallest absolute Gasteiger partial charge is 0.269 e. The number of carbonyl (C=O) groups excluding carboxylic acids is 1. The predicted molar refractivity (Wildman–Crippen MR) is 84.1 cm³/mol. The quantitative estimate of drug-likeness (QED) is 0.510. The minimum atomic E-state index is -0.502. The molecular formula is C17H14N2O5. The Morgan fingerprint density at radius 1 is 0.958 bits per heavy atom. The normalized spacial score (nSPS) is 10.5. The Morgan fingerprint density at radius 2 is 1.50 bits per heavy atom. The molecule has 7 nitrogen and oxygen atoms in total. The first-order valence-electron chi connectivity index (χ1n) is 7.22. The lowest BCUT2D eigenvalue weighted by atomic mass is 10.1. The van der Waals surface area contributed by atoms with Crippen LogP contribution in [0.2, 0.25) is 0 Å². The summed E-state index contributed by atoms with van der Waals surface area (Å²) in [4.78, 5) is 24.5. The summed E-state index contributed by atoms with van der Waals surface area (Å²) in [5.74, 6) is 1.01. The number of rotatable bonds is 6. The molecule has 0 aliphatic rings. The second kappa shape index (κ2) is 6.82. The van der Waals surface area contributed by atoms with Crippen LogP contribution >= 0.6 is 0 Å². The molecule has 0 saturated heterocycles. The summed E-state index contributed by atoms with van der Waals surface area (Å²) in [5.41, 5.74) is 0.300. The molecule has 0 spiro atoms. The number of carbonyl (C=O) groups is 1. The number of benzene rings is 1. The molecule has 2 heterocycles. The zero-order chi connectivity index (χ0) is 16.9. The van der Waals surface area contributed by atoms with E-state index in [0.717, 1.165) is 0 Å². The molecule has 3 aromatic rings. The summed E-state index contributed by atoms with van der Waals surface area (Å²) in [7, 11) is 0. The molecule has 7 heteroatoms. The van der Waals surface area contributed by atoms with Gasteiger partial charge >= 0.3 is 0 Å². The van der Waals surface area contributed by atoms with Gasteiger partial charge in [-0.2, -0.15) is 0 Å². The zero-order valence-electron chi connectivity index (χ0n) is 12.6. The van der Waals surface area contributed by atoms with Gasteiger partial charge in [-0.1, -0.05) is 0 Å². The van der Waals surface area contributed by atoms with Crippen LogP contribution in [-0.2, 0) is 13.1 Å². The van der Waals surface area contributed by atoms with Crippen molar-refractivity contribution in [3.05, 3.63) is 88.3 Å². The summed E-state index contributed by atoms with van der Waals surface area (Å²) in [6, 6.07) is 12.6. The Labute approximate surface area is 137 Å². The summed E-state index contributed by atoms with van der Waals surface area (Å²) < 4.78 is 10.6. The molecule has 1 aromatic carbocycles. The van der Waals surface area contributed by atoms with Crippen LogP contribution in [-0.4, -0.2) is 15.7 Å². The van der Waals surface area contributed by atoms with Crippen molar-refractivity contribution < 1.29 is 18.6 Å². The molecule has 3 rings (SSSR count). The van der Waals surface area contributed by atoms with Gasteiger partial charge in [0.1, 0.15) is 11.5 Å². The van der Waals surface area contributed by atoms with Crippen LogP contribution in [0.25, 0.3) is 0 Å². The molecule has 0 fully saturated rings. The fraction of sp³-hybridized carbons (Fsp3) is 0.118. The SMILES string of the molecule is O=C(c1ccc([N+](=O)[O-])cc1)N(Cc1ccco1)Cc1ccco1. The van der Waals surface area contributed by atoms with Crippen LogP contribution in [0.15, 0.2) is 69.9 Å². The van der Waals surface area contributed by atoms with Gasteiger partial charge in [-0.25, -0.2) is 0 Å². The average Bonchev–Trinajstić information content (AvgIpc) is 3.27. The molecular weight excluding hydrogens is 312 g/mol. The Morgan fingerprint density at radius 3 is 1.92 bits per heavy atom. The van der Waals surface area contributed by atoms with Gasteiger partial charge in [0.05, 0.1) is 30.5 Å². The van der Waals surface area contributed by atoms with Gasteiger partial charge in [-0.3, -0.25) is 14.9 Å². The molecule has 122 valence electrons.